The van der Waals surface area contributed by atoms with Crippen molar-refractivity contribution >= 4 is 33.4 Å². The molecule has 1 fully saturated rings. The second-order valence-corrected chi connectivity index (χ2v) is 8.77. The number of thiophene rings is 1. The van der Waals surface area contributed by atoms with Gasteiger partial charge in [0.1, 0.15) is 11.2 Å². The van der Waals surface area contributed by atoms with Gasteiger partial charge in [-0.2, -0.15) is 0 Å². The van der Waals surface area contributed by atoms with E-state index in [1.165, 1.54) is 6.42 Å². The Morgan fingerprint density at radius 3 is 2.89 bits per heavy atom. The van der Waals surface area contributed by atoms with Crippen LogP contribution in [-0.2, 0) is 16.1 Å². The standard InChI is InChI=1S/C20H27N3O3S/c1-20(19(25)21-14-6-4-3-5-7-14)13-22-15-8-11-27-17(15)12-16(22)18(24)23(20)9-10-26-2/h8,11-12,14H,3-7,9-10,13H2,1-2H3,(H,21,25)/t20-/m0/s1. The van der Waals surface area contributed by atoms with Gasteiger partial charge in [0.05, 0.1) is 23.4 Å². The SMILES string of the molecule is COCCN1C(=O)c2cc3sccc3n2C[C@@]1(C)C(=O)NC1CCCCC1. The third-order valence-electron chi connectivity index (χ3n) is 6.00. The average molecular weight is 390 g/mol. The van der Waals surface area contributed by atoms with Crippen LogP contribution < -0.4 is 5.32 Å². The Balaban J connectivity index is 1.67. The van der Waals surface area contributed by atoms with Crippen molar-refractivity contribution in [3.8, 4) is 0 Å². The number of amides is 2. The van der Waals surface area contributed by atoms with E-state index >= 15 is 0 Å². The van der Waals surface area contributed by atoms with Crippen LogP contribution in [0.4, 0.5) is 0 Å². The predicted octanol–water partition coefficient (Wildman–Crippen LogP) is 3.01. The number of hydrogen-bond donors (Lipinski definition) is 1. The summed E-state index contributed by atoms with van der Waals surface area (Å²) in [6, 6.07) is 4.19. The van der Waals surface area contributed by atoms with Gasteiger partial charge in [-0.25, -0.2) is 0 Å². The first-order valence-electron chi connectivity index (χ1n) is 9.73. The Labute approximate surface area is 163 Å². The summed E-state index contributed by atoms with van der Waals surface area (Å²) in [5.74, 6) is -0.149. The molecule has 146 valence electrons. The normalized spacial score (nSPS) is 23.6. The predicted molar refractivity (Wildman–Crippen MR) is 106 cm³/mol. The van der Waals surface area contributed by atoms with Crippen molar-refractivity contribution in [2.75, 3.05) is 20.3 Å². The summed E-state index contributed by atoms with van der Waals surface area (Å²) in [4.78, 5) is 28.3. The van der Waals surface area contributed by atoms with Crippen LogP contribution in [0.3, 0.4) is 0 Å². The first-order valence-corrected chi connectivity index (χ1v) is 10.6. The van der Waals surface area contributed by atoms with Crippen molar-refractivity contribution in [3.05, 3.63) is 23.2 Å². The molecule has 3 heterocycles. The number of fused-ring (bicyclic) bond motifs is 3. The molecule has 4 rings (SSSR count). The zero-order valence-corrected chi connectivity index (χ0v) is 16.8. The molecule has 0 spiro atoms. The number of rotatable bonds is 5. The maximum absolute atomic E-state index is 13.4. The zero-order chi connectivity index (χ0) is 19.0. The highest BCUT2D eigenvalue weighted by Gasteiger charge is 2.48. The number of ether oxygens (including phenoxy) is 1. The van der Waals surface area contributed by atoms with E-state index in [0.717, 1.165) is 35.9 Å². The summed E-state index contributed by atoms with van der Waals surface area (Å²) in [7, 11) is 1.62. The van der Waals surface area contributed by atoms with Crippen molar-refractivity contribution in [3.63, 3.8) is 0 Å². The van der Waals surface area contributed by atoms with E-state index in [1.54, 1.807) is 23.3 Å². The number of aromatic nitrogens is 1. The van der Waals surface area contributed by atoms with Gasteiger partial charge in [-0.3, -0.25) is 9.59 Å². The average Bonchev–Trinajstić information content (AvgIpc) is 3.25. The number of carbonyl (C=O) groups is 2. The van der Waals surface area contributed by atoms with E-state index in [2.05, 4.69) is 5.32 Å². The van der Waals surface area contributed by atoms with Crippen LogP contribution in [0.25, 0.3) is 10.2 Å². The van der Waals surface area contributed by atoms with Crippen molar-refractivity contribution in [1.82, 2.24) is 14.8 Å². The van der Waals surface area contributed by atoms with E-state index in [1.807, 2.05) is 29.0 Å². The molecule has 0 bridgehead atoms. The fourth-order valence-corrected chi connectivity index (χ4v) is 5.22. The summed E-state index contributed by atoms with van der Waals surface area (Å²) in [5.41, 5.74) is 0.774. The Morgan fingerprint density at radius 1 is 1.37 bits per heavy atom. The minimum Gasteiger partial charge on any atom is -0.383 e. The van der Waals surface area contributed by atoms with Crippen LogP contribution in [0.5, 0.6) is 0 Å². The van der Waals surface area contributed by atoms with Crippen molar-refractivity contribution < 1.29 is 14.3 Å². The van der Waals surface area contributed by atoms with E-state index in [0.29, 0.717) is 25.4 Å². The first kappa shape index (κ1) is 18.5. The second-order valence-electron chi connectivity index (χ2n) is 7.82. The highest BCUT2D eigenvalue weighted by atomic mass is 32.1. The Bertz CT molecular complexity index is 852. The molecule has 1 N–H and O–H groups in total. The molecule has 2 aromatic rings. The van der Waals surface area contributed by atoms with Gasteiger partial charge in [0, 0.05) is 19.7 Å². The molecule has 7 heteroatoms. The van der Waals surface area contributed by atoms with Crippen LogP contribution in [0.15, 0.2) is 17.5 Å². The van der Waals surface area contributed by atoms with Crippen LogP contribution in [0.2, 0.25) is 0 Å². The highest BCUT2D eigenvalue weighted by Crippen LogP contribution is 2.34. The number of carbonyl (C=O) groups excluding carboxylic acids is 2. The minimum atomic E-state index is -0.923. The molecule has 1 atom stereocenters. The lowest BCUT2D eigenvalue weighted by molar-refractivity contribution is -0.134. The minimum absolute atomic E-state index is 0.0541. The van der Waals surface area contributed by atoms with Gasteiger partial charge in [-0.1, -0.05) is 19.3 Å². The third kappa shape index (κ3) is 3.17. The van der Waals surface area contributed by atoms with Crippen molar-refractivity contribution in [1.29, 1.82) is 0 Å². The number of hydrogen-bond acceptors (Lipinski definition) is 4. The molecule has 2 aromatic heterocycles. The molecule has 2 aliphatic rings. The van der Waals surface area contributed by atoms with Gasteiger partial charge in [0.2, 0.25) is 5.91 Å². The molecular weight excluding hydrogens is 362 g/mol. The Morgan fingerprint density at radius 2 is 2.15 bits per heavy atom. The molecular formula is C20H27N3O3S. The van der Waals surface area contributed by atoms with Crippen LogP contribution in [-0.4, -0.2) is 53.1 Å². The fraction of sp³-hybridized carbons (Fsp3) is 0.600. The van der Waals surface area contributed by atoms with Crippen molar-refractivity contribution in [2.45, 2.75) is 57.2 Å². The van der Waals surface area contributed by atoms with Gasteiger partial charge in [-0.05, 0) is 37.3 Å². The zero-order valence-electron chi connectivity index (χ0n) is 16.0. The van der Waals surface area contributed by atoms with E-state index in [4.69, 9.17) is 4.74 Å². The molecule has 1 saturated carbocycles. The topological polar surface area (TPSA) is 63.6 Å². The van der Waals surface area contributed by atoms with Gasteiger partial charge in [-0.15, -0.1) is 11.3 Å². The largest absolute Gasteiger partial charge is 0.383 e. The summed E-state index contributed by atoms with van der Waals surface area (Å²) in [5, 5.41) is 5.26. The lowest BCUT2D eigenvalue weighted by atomic mass is 9.91. The van der Waals surface area contributed by atoms with Crippen LogP contribution >= 0.6 is 11.3 Å². The quantitative estimate of drug-likeness (QED) is 0.855. The van der Waals surface area contributed by atoms with Crippen LogP contribution in [0.1, 0.15) is 49.5 Å². The van der Waals surface area contributed by atoms with Gasteiger partial charge < -0.3 is 19.5 Å². The first-order chi connectivity index (χ1) is 13.0. The maximum Gasteiger partial charge on any atom is 0.271 e. The lowest BCUT2D eigenvalue weighted by Crippen LogP contribution is -2.65. The molecule has 1 aliphatic carbocycles. The van der Waals surface area contributed by atoms with Crippen molar-refractivity contribution in [2.24, 2.45) is 0 Å². The molecule has 0 radical (unpaired) electrons. The molecule has 27 heavy (non-hydrogen) atoms. The smallest absolute Gasteiger partial charge is 0.271 e. The fourth-order valence-electron chi connectivity index (χ4n) is 4.39. The number of nitrogens with one attached hydrogen (secondary N) is 1. The third-order valence-corrected chi connectivity index (χ3v) is 6.85. The van der Waals surface area contributed by atoms with Gasteiger partial charge in [0.25, 0.3) is 5.91 Å². The molecule has 1 aliphatic heterocycles. The Hall–Kier alpha value is -1.86. The number of methoxy groups -OCH3 is 1. The monoisotopic (exact) mass is 389 g/mol. The summed E-state index contributed by atoms with van der Waals surface area (Å²) < 4.78 is 8.31. The second kappa shape index (κ2) is 7.28. The molecule has 0 saturated heterocycles. The lowest BCUT2D eigenvalue weighted by Gasteiger charge is -2.44. The number of nitrogens with zero attached hydrogens (tertiary/aromatic N) is 2. The molecule has 0 unspecified atom stereocenters. The van der Waals surface area contributed by atoms with Gasteiger partial charge >= 0.3 is 0 Å². The summed E-state index contributed by atoms with van der Waals surface area (Å²) >= 11 is 1.62. The Kier molecular flexibility index (Phi) is 4.99. The summed E-state index contributed by atoms with van der Waals surface area (Å²) in [6.45, 7) is 3.17. The van der Waals surface area contributed by atoms with Gasteiger partial charge in [0.15, 0.2) is 0 Å². The molecule has 0 aromatic carbocycles. The van der Waals surface area contributed by atoms with E-state index < -0.39 is 5.54 Å². The van der Waals surface area contributed by atoms with E-state index in [-0.39, 0.29) is 17.9 Å². The summed E-state index contributed by atoms with van der Waals surface area (Å²) in [6.07, 6.45) is 5.61. The maximum atomic E-state index is 13.4. The molecule has 2 amide bonds. The molecule has 6 nitrogen and oxygen atoms in total. The van der Waals surface area contributed by atoms with Crippen LogP contribution in [0, 0.1) is 0 Å². The van der Waals surface area contributed by atoms with E-state index in [9.17, 15) is 9.59 Å². The highest BCUT2D eigenvalue weighted by molar-refractivity contribution is 7.17.